The van der Waals surface area contributed by atoms with E-state index in [1.54, 1.807) is 0 Å². The average Bonchev–Trinajstić information content (AvgIpc) is 2.15. The highest BCUT2D eigenvalue weighted by Gasteiger charge is 2.32. The number of carbonyl (C=O) groups excluding carboxylic acids is 1. The first-order valence-corrected chi connectivity index (χ1v) is 5.56. The van der Waals surface area contributed by atoms with Gasteiger partial charge in [-0.3, -0.25) is 0 Å². The van der Waals surface area contributed by atoms with Crippen LogP contribution in [0.5, 0.6) is 0 Å². The number of esters is 1. The van der Waals surface area contributed by atoms with Gasteiger partial charge in [-0.05, 0) is 19.3 Å². The Morgan fingerprint density at radius 3 is 2.44 bits per heavy atom. The number of carbonyl (C=O) groups is 1. The highest BCUT2D eigenvalue weighted by atomic mass is 16.8. The monoisotopic (exact) mass is 230 g/mol. The minimum absolute atomic E-state index is 0.239. The number of hydrogen-bond acceptors (Lipinski definition) is 4. The van der Waals surface area contributed by atoms with Crippen LogP contribution in [0.1, 0.15) is 40.5 Å². The second-order valence-electron chi connectivity index (χ2n) is 4.34. The normalized spacial score (nSPS) is 14.6. The molecule has 1 N–H and O–H groups in total. The predicted octanol–water partition coefficient (Wildman–Crippen LogP) is 2.22. The van der Waals surface area contributed by atoms with Crippen molar-refractivity contribution in [2.24, 2.45) is 5.92 Å². The first-order chi connectivity index (χ1) is 7.30. The lowest BCUT2D eigenvalue weighted by atomic mass is 10.2. The first kappa shape index (κ1) is 15.1. The van der Waals surface area contributed by atoms with E-state index in [4.69, 9.17) is 9.47 Å². The summed E-state index contributed by atoms with van der Waals surface area (Å²) in [5, 5.41) is 9.97. The van der Waals surface area contributed by atoms with Gasteiger partial charge in [0.15, 0.2) is 0 Å². The molecule has 4 nitrogen and oxygen atoms in total. The van der Waals surface area contributed by atoms with Gasteiger partial charge in [0.1, 0.15) is 0 Å². The molecule has 4 heteroatoms. The summed E-state index contributed by atoms with van der Waals surface area (Å²) in [6, 6.07) is 0. The van der Waals surface area contributed by atoms with E-state index in [0.29, 0.717) is 13.0 Å². The Hall–Kier alpha value is -0.870. The predicted molar refractivity (Wildman–Crippen MR) is 61.6 cm³/mol. The van der Waals surface area contributed by atoms with Gasteiger partial charge in [0, 0.05) is 12.0 Å². The van der Waals surface area contributed by atoms with Gasteiger partial charge in [-0.15, -0.1) is 0 Å². The van der Waals surface area contributed by atoms with Gasteiger partial charge >= 0.3 is 11.9 Å². The third-order valence-electron chi connectivity index (χ3n) is 1.81. The van der Waals surface area contributed by atoms with Crippen LogP contribution in [0.15, 0.2) is 12.2 Å². The van der Waals surface area contributed by atoms with Crippen LogP contribution in [-0.4, -0.2) is 23.7 Å². The van der Waals surface area contributed by atoms with Crippen LogP contribution in [0.4, 0.5) is 0 Å². The number of rotatable bonds is 7. The van der Waals surface area contributed by atoms with E-state index in [1.165, 1.54) is 6.92 Å². The lowest BCUT2D eigenvalue weighted by molar-refractivity contribution is -0.346. The Labute approximate surface area is 97.2 Å². The van der Waals surface area contributed by atoms with Gasteiger partial charge in [-0.1, -0.05) is 27.4 Å². The molecule has 0 saturated carbocycles. The molecule has 94 valence electrons. The van der Waals surface area contributed by atoms with Crippen molar-refractivity contribution in [1.82, 2.24) is 0 Å². The van der Waals surface area contributed by atoms with Crippen molar-refractivity contribution in [3.05, 3.63) is 12.2 Å². The number of ether oxygens (including phenoxy) is 2. The maximum atomic E-state index is 11.3. The van der Waals surface area contributed by atoms with Crippen LogP contribution < -0.4 is 0 Å². The molecule has 0 aromatic heterocycles. The van der Waals surface area contributed by atoms with Crippen molar-refractivity contribution in [3.63, 3.8) is 0 Å². The smallest absolute Gasteiger partial charge is 0.337 e. The Kier molecular flexibility index (Phi) is 6.29. The Morgan fingerprint density at radius 1 is 1.50 bits per heavy atom. The van der Waals surface area contributed by atoms with Crippen LogP contribution in [0.3, 0.4) is 0 Å². The van der Waals surface area contributed by atoms with E-state index in [-0.39, 0.29) is 17.9 Å². The zero-order chi connectivity index (χ0) is 12.8. The molecule has 16 heavy (non-hydrogen) atoms. The molecule has 0 aliphatic carbocycles. The molecule has 0 saturated heterocycles. The quantitative estimate of drug-likeness (QED) is 0.414. The topological polar surface area (TPSA) is 55.8 Å². The van der Waals surface area contributed by atoms with Gasteiger partial charge < -0.3 is 14.6 Å². The third kappa shape index (κ3) is 5.88. The summed E-state index contributed by atoms with van der Waals surface area (Å²) in [5.74, 6) is -2.21. The zero-order valence-electron chi connectivity index (χ0n) is 10.6. The average molecular weight is 230 g/mol. The highest BCUT2D eigenvalue weighted by molar-refractivity contribution is 5.87. The van der Waals surface area contributed by atoms with Crippen LogP contribution in [0, 0.1) is 5.92 Å². The lowest BCUT2D eigenvalue weighted by Crippen LogP contribution is -2.39. The summed E-state index contributed by atoms with van der Waals surface area (Å²) < 4.78 is 10.1. The van der Waals surface area contributed by atoms with Gasteiger partial charge in [-0.2, -0.15) is 0 Å². The molecule has 0 aliphatic heterocycles. The van der Waals surface area contributed by atoms with Crippen LogP contribution in [0.2, 0.25) is 0 Å². The van der Waals surface area contributed by atoms with Crippen molar-refractivity contribution in [1.29, 1.82) is 0 Å². The Bertz CT molecular complexity index is 247. The molecule has 0 rings (SSSR count). The summed E-state index contributed by atoms with van der Waals surface area (Å²) >= 11 is 0. The molecule has 0 aromatic rings. The standard InChI is InChI=1S/C12H22O4/c1-6-7-12(14,15-8-9(2)3)16-11(13)10(4)5/h9,14H,4,6-8H2,1-3,5H3. The molecule has 0 amide bonds. The van der Waals surface area contributed by atoms with E-state index < -0.39 is 11.9 Å². The summed E-state index contributed by atoms with van der Waals surface area (Å²) in [7, 11) is 0. The van der Waals surface area contributed by atoms with Gasteiger partial charge in [0.05, 0.1) is 6.61 Å². The summed E-state index contributed by atoms with van der Waals surface area (Å²) in [6.45, 7) is 11.1. The molecule has 0 heterocycles. The van der Waals surface area contributed by atoms with Gasteiger partial charge in [0.2, 0.25) is 0 Å². The van der Waals surface area contributed by atoms with Crippen LogP contribution in [0.25, 0.3) is 0 Å². The van der Waals surface area contributed by atoms with Crippen molar-refractivity contribution >= 4 is 5.97 Å². The van der Waals surface area contributed by atoms with Crippen molar-refractivity contribution in [2.75, 3.05) is 6.61 Å². The molecule has 0 aliphatic rings. The summed E-state index contributed by atoms with van der Waals surface area (Å²) in [6.07, 6.45) is 0.900. The molecule has 0 spiro atoms. The minimum Gasteiger partial charge on any atom is -0.405 e. The lowest BCUT2D eigenvalue weighted by Gasteiger charge is -2.28. The van der Waals surface area contributed by atoms with Gasteiger partial charge in [-0.25, -0.2) is 4.79 Å². The SMILES string of the molecule is C=C(C)C(=O)OC(O)(CCC)OCC(C)C. The molecular weight excluding hydrogens is 208 g/mol. The maximum absolute atomic E-state index is 11.3. The number of aliphatic hydroxyl groups is 1. The molecule has 1 atom stereocenters. The highest BCUT2D eigenvalue weighted by Crippen LogP contribution is 2.19. The van der Waals surface area contributed by atoms with E-state index >= 15 is 0 Å². The maximum Gasteiger partial charge on any atom is 0.337 e. The minimum atomic E-state index is -1.82. The zero-order valence-corrected chi connectivity index (χ0v) is 10.6. The fourth-order valence-corrected chi connectivity index (χ4v) is 0.997. The Morgan fingerprint density at radius 2 is 2.06 bits per heavy atom. The van der Waals surface area contributed by atoms with E-state index in [2.05, 4.69) is 6.58 Å². The Balaban J connectivity index is 4.43. The summed E-state index contributed by atoms with van der Waals surface area (Å²) in [5.41, 5.74) is 0.239. The third-order valence-corrected chi connectivity index (χ3v) is 1.81. The van der Waals surface area contributed by atoms with E-state index in [9.17, 15) is 9.90 Å². The molecular formula is C12H22O4. The van der Waals surface area contributed by atoms with Crippen LogP contribution >= 0.6 is 0 Å². The molecule has 0 radical (unpaired) electrons. The van der Waals surface area contributed by atoms with Crippen molar-refractivity contribution < 1.29 is 19.4 Å². The van der Waals surface area contributed by atoms with E-state index in [1.807, 2.05) is 20.8 Å². The van der Waals surface area contributed by atoms with Gasteiger partial charge in [0.25, 0.3) is 0 Å². The molecule has 0 aromatic carbocycles. The van der Waals surface area contributed by atoms with Crippen molar-refractivity contribution in [3.8, 4) is 0 Å². The fourth-order valence-electron chi connectivity index (χ4n) is 0.997. The molecule has 0 fully saturated rings. The largest absolute Gasteiger partial charge is 0.405 e. The first-order valence-electron chi connectivity index (χ1n) is 5.56. The fraction of sp³-hybridized carbons (Fsp3) is 0.750. The second kappa shape index (κ2) is 6.66. The van der Waals surface area contributed by atoms with E-state index in [0.717, 1.165) is 0 Å². The molecule has 1 unspecified atom stereocenters. The van der Waals surface area contributed by atoms with Crippen LogP contribution in [-0.2, 0) is 14.3 Å². The summed E-state index contributed by atoms with van der Waals surface area (Å²) in [4.78, 5) is 11.3. The van der Waals surface area contributed by atoms with Crippen molar-refractivity contribution in [2.45, 2.75) is 46.5 Å². The number of hydrogen-bond donors (Lipinski definition) is 1. The second-order valence-corrected chi connectivity index (χ2v) is 4.34. The molecule has 0 bridgehead atoms.